The van der Waals surface area contributed by atoms with Crippen LogP contribution in [0.15, 0.2) is 0 Å². The van der Waals surface area contributed by atoms with Crippen LogP contribution in [0.2, 0.25) is 0 Å². The molecule has 0 aromatic rings. The second kappa shape index (κ2) is 5.34. The van der Waals surface area contributed by atoms with Gasteiger partial charge in [-0.05, 0) is 43.1 Å². The highest BCUT2D eigenvalue weighted by Crippen LogP contribution is 2.38. The molecule has 1 fully saturated rings. The Morgan fingerprint density at radius 1 is 1.27 bits per heavy atom. The van der Waals surface area contributed by atoms with E-state index in [9.17, 15) is 0 Å². The molecule has 0 aliphatic heterocycles. The van der Waals surface area contributed by atoms with Gasteiger partial charge in [0, 0.05) is 6.04 Å². The Morgan fingerprint density at radius 2 is 1.93 bits per heavy atom. The fourth-order valence-corrected chi connectivity index (χ4v) is 3.03. The van der Waals surface area contributed by atoms with Gasteiger partial charge in [0.25, 0.3) is 0 Å². The smallest absolute Gasteiger partial charge is 0.0144 e. The predicted molar refractivity (Wildman–Crippen MR) is 68.0 cm³/mol. The number of rotatable bonds is 4. The molecule has 0 amide bonds. The van der Waals surface area contributed by atoms with Crippen molar-refractivity contribution < 1.29 is 0 Å². The molecule has 1 rings (SSSR count). The first-order chi connectivity index (χ1) is 6.95. The molecule has 1 aliphatic carbocycles. The Hall–Kier alpha value is -0.0400. The van der Waals surface area contributed by atoms with Crippen LogP contribution in [0.3, 0.4) is 0 Å². The molecule has 0 spiro atoms. The average Bonchev–Trinajstić information content (AvgIpc) is 2.50. The summed E-state index contributed by atoms with van der Waals surface area (Å²) in [7, 11) is 0. The minimum atomic E-state index is 0.407. The molecular weight excluding hydrogens is 182 g/mol. The van der Waals surface area contributed by atoms with Crippen LogP contribution in [-0.4, -0.2) is 12.6 Å². The average molecular weight is 211 g/mol. The zero-order valence-electron chi connectivity index (χ0n) is 11.3. The van der Waals surface area contributed by atoms with Crippen LogP contribution in [0.5, 0.6) is 0 Å². The molecule has 0 aromatic carbocycles. The van der Waals surface area contributed by atoms with Crippen molar-refractivity contribution in [1.82, 2.24) is 5.32 Å². The van der Waals surface area contributed by atoms with Gasteiger partial charge in [0.15, 0.2) is 0 Å². The zero-order valence-corrected chi connectivity index (χ0v) is 11.3. The van der Waals surface area contributed by atoms with Gasteiger partial charge in [-0.3, -0.25) is 0 Å². The number of hydrogen-bond acceptors (Lipinski definition) is 1. The normalized spacial score (nSPS) is 29.4. The molecule has 90 valence electrons. The molecule has 0 heterocycles. The van der Waals surface area contributed by atoms with Crippen molar-refractivity contribution in [2.75, 3.05) is 6.54 Å². The summed E-state index contributed by atoms with van der Waals surface area (Å²) in [5.74, 6) is 1.86. The van der Waals surface area contributed by atoms with Crippen LogP contribution in [0, 0.1) is 17.3 Å². The fourth-order valence-electron chi connectivity index (χ4n) is 3.03. The first-order valence-corrected chi connectivity index (χ1v) is 6.68. The van der Waals surface area contributed by atoms with Gasteiger partial charge in [0.1, 0.15) is 0 Å². The standard InChI is InChI=1S/C14H29N/c1-6-9-15-13(14(3,4)5)12-8-7-11(2)10-12/h11-13,15H,6-10H2,1-5H3. The van der Waals surface area contributed by atoms with E-state index in [0.29, 0.717) is 11.5 Å². The molecule has 0 aromatic heterocycles. The molecule has 0 bridgehead atoms. The SMILES string of the molecule is CCCNC(C1CCC(C)C1)C(C)(C)C. The van der Waals surface area contributed by atoms with Crippen LogP contribution in [0.4, 0.5) is 0 Å². The molecule has 1 nitrogen and oxygen atoms in total. The maximum atomic E-state index is 3.77. The fraction of sp³-hybridized carbons (Fsp3) is 1.00. The lowest BCUT2D eigenvalue weighted by Gasteiger charge is -2.36. The van der Waals surface area contributed by atoms with Crippen molar-refractivity contribution in [3.05, 3.63) is 0 Å². The van der Waals surface area contributed by atoms with Crippen molar-refractivity contribution in [2.45, 2.75) is 66.3 Å². The van der Waals surface area contributed by atoms with Crippen molar-refractivity contribution in [3.8, 4) is 0 Å². The topological polar surface area (TPSA) is 12.0 Å². The summed E-state index contributed by atoms with van der Waals surface area (Å²) >= 11 is 0. The molecule has 1 aliphatic rings. The Bertz CT molecular complexity index is 180. The number of hydrogen-bond donors (Lipinski definition) is 1. The van der Waals surface area contributed by atoms with Crippen LogP contribution in [-0.2, 0) is 0 Å². The van der Waals surface area contributed by atoms with E-state index in [-0.39, 0.29) is 0 Å². The first-order valence-electron chi connectivity index (χ1n) is 6.68. The highest BCUT2D eigenvalue weighted by atomic mass is 14.9. The van der Waals surface area contributed by atoms with Gasteiger partial charge in [-0.15, -0.1) is 0 Å². The highest BCUT2D eigenvalue weighted by Gasteiger charge is 2.35. The van der Waals surface area contributed by atoms with Crippen LogP contribution < -0.4 is 5.32 Å². The van der Waals surface area contributed by atoms with E-state index in [0.717, 1.165) is 11.8 Å². The number of nitrogens with one attached hydrogen (secondary N) is 1. The van der Waals surface area contributed by atoms with Crippen LogP contribution in [0.25, 0.3) is 0 Å². The van der Waals surface area contributed by atoms with Gasteiger partial charge in [-0.1, -0.05) is 41.0 Å². The summed E-state index contributed by atoms with van der Waals surface area (Å²) in [5.41, 5.74) is 0.407. The van der Waals surface area contributed by atoms with Crippen LogP contribution in [0.1, 0.15) is 60.3 Å². The summed E-state index contributed by atoms with van der Waals surface area (Å²) < 4.78 is 0. The third kappa shape index (κ3) is 3.79. The summed E-state index contributed by atoms with van der Waals surface area (Å²) in [4.78, 5) is 0. The van der Waals surface area contributed by atoms with Crippen molar-refractivity contribution in [2.24, 2.45) is 17.3 Å². The van der Waals surface area contributed by atoms with Gasteiger partial charge in [-0.25, -0.2) is 0 Å². The second-order valence-corrected chi connectivity index (χ2v) is 6.48. The Morgan fingerprint density at radius 3 is 2.33 bits per heavy atom. The molecule has 1 N–H and O–H groups in total. The lowest BCUT2D eigenvalue weighted by molar-refractivity contribution is 0.192. The van der Waals surface area contributed by atoms with E-state index in [1.165, 1.54) is 32.2 Å². The third-order valence-corrected chi connectivity index (χ3v) is 3.75. The molecule has 0 saturated heterocycles. The molecule has 3 unspecified atom stereocenters. The van der Waals surface area contributed by atoms with Gasteiger partial charge >= 0.3 is 0 Å². The molecule has 1 saturated carbocycles. The summed E-state index contributed by atoms with van der Waals surface area (Å²) in [6, 6.07) is 0.711. The monoisotopic (exact) mass is 211 g/mol. The van der Waals surface area contributed by atoms with E-state index in [1.54, 1.807) is 0 Å². The van der Waals surface area contributed by atoms with Gasteiger partial charge in [0.2, 0.25) is 0 Å². The van der Waals surface area contributed by atoms with E-state index in [2.05, 4.69) is 39.9 Å². The molecule has 15 heavy (non-hydrogen) atoms. The van der Waals surface area contributed by atoms with Crippen molar-refractivity contribution in [1.29, 1.82) is 0 Å². The van der Waals surface area contributed by atoms with Crippen LogP contribution >= 0.6 is 0 Å². The lowest BCUT2D eigenvalue weighted by atomic mass is 9.78. The van der Waals surface area contributed by atoms with Gasteiger partial charge in [0.05, 0.1) is 0 Å². The highest BCUT2D eigenvalue weighted by molar-refractivity contribution is 4.90. The van der Waals surface area contributed by atoms with Gasteiger partial charge in [-0.2, -0.15) is 0 Å². The largest absolute Gasteiger partial charge is 0.313 e. The van der Waals surface area contributed by atoms with Gasteiger partial charge < -0.3 is 5.32 Å². The quantitative estimate of drug-likeness (QED) is 0.745. The first kappa shape index (κ1) is 13.0. The maximum Gasteiger partial charge on any atom is 0.0144 e. The summed E-state index contributed by atoms with van der Waals surface area (Å²) in [6.45, 7) is 13.0. The van der Waals surface area contributed by atoms with Crippen molar-refractivity contribution in [3.63, 3.8) is 0 Å². The Balaban J connectivity index is 2.56. The minimum absolute atomic E-state index is 0.407. The Kier molecular flexibility index (Phi) is 4.64. The Labute approximate surface area is 96.0 Å². The summed E-state index contributed by atoms with van der Waals surface area (Å²) in [6.07, 6.45) is 5.54. The molecule has 3 atom stereocenters. The second-order valence-electron chi connectivity index (χ2n) is 6.48. The van der Waals surface area contributed by atoms with Crippen molar-refractivity contribution >= 4 is 0 Å². The predicted octanol–water partition coefficient (Wildman–Crippen LogP) is 3.84. The van der Waals surface area contributed by atoms with E-state index >= 15 is 0 Å². The zero-order chi connectivity index (χ0) is 11.5. The minimum Gasteiger partial charge on any atom is -0.313 e. The molecular formula is C14H29N. The van der Waals surface area contributed by atoms with E-state index < -0.39 is 0 Å². The maximum absolute atomic E-state index is 3.77. The lowest BCUT2D eigenvalue weighted by Crippen LogP contribution is -2.45. The van der Waals surface area contributed by atoms with E-state index in [4.69, 9.17) is 0 Å². The molecule has 0 radical (unpaired) electrons. The van der Waals surface area contributed by atoms with E-state index in [1.807, 2.05) is 0 Å². The molecule has 1 heteroatoms. The summed E-state index contributed by atoms with van der Waals surface area (Å²) in [5, 5.41) is 3.77. The third-order valence-electron chi connectivity index (χ3n) is 3.75.